The number of halogens is 1. The molecule has 3 heterocycles. The Hall–Kier alpha value is -2.68. The second-order valence-corrected chi connectivity index (χ2v) is 9.01. The fraction of sp³-hybridized carbons (Fsp3) is 0.143. The molecule has 0 amide bonds. The van der Waals surface area contributed by atoms with E-state index in [1.165, 1.54) is 23.1 Å². The Morgan fingerprint density at radius 2 is 1.90 bits per heavy atom. The van der Waals surface area contributed by atoms with Crippen molar-refractivity contribution in [2.75, 3.05) is 0 Å². The summed E-state index contributed by atoms with van der Waals surface area (Å²) in [5.41, 5.74) is 2.53. The molecule has 0 fully saturated rings. The molecule has 0 saturated heterocycles. The minimum Gasteiger partial charge on any atom is -0.302 e. The second-order valence-electron chi connectivity index (χ2n) is 6.62. The summed E-state index contributed by atoms with van der Waals surface area (Å²) in [7, 11) is 0. The summed E-state index contributed by atoms with van der Waals surface area (Å²) in [4.78, 5) is 18.1. The van der Waals surface area contributed by atoms with E-state index in [9.17, 15) is 4.79 Å². The van der Waals surface area contributed by atoms with E-state index in [1.54, 1.807) is 10.5 Å². The molecule has 0 bridgehead atoms. The van der Waals surface area contributed by atoms with E-state index in [-0.39, 0.29) is 5.56 Å². The first-order valence-corrected chi connectivity index (χ1v) is 11.5. The number of hydrogen-bond acceptors (Lipinski definition) is 6. The van der Waals surface area contributed by atoms with Crippen molar-refractivity contribution in [2.24, 2.45) is 0 Å². The molecule has 2 aromatic carbocycles. The van der Waals surface area contributed by atoms with E-state index in [0.29, 0.717) is 15.7 Å². The fourth-order valence-electron chi connectivity index (χ4n) is 3.33. The summed E-state index contributed by atoms with van der Waals surface area (Å²) in [5, 5.41) is 10.2. The zero-order valence-electron chi connectivity index (χ0n) is 15.9. The van der Waals surface area contributed by atoms with Crippen LogP contribution < -0.4 is 5.56 Å². The topological polar surface area (TPSA) is 65.1 Å². The number of aromatic nitrogens is 5. The van der Waals surface area contributed by atoms with Crippen LogP contribution in [0.3, 0.4) is 0 Å². The third-order valence-electron chi connectivity index (χ3n) is 4.73. The van der Waals surface area contributed by atoms with E-state index in [2.05, 4.69) is 21.7 Å². The third-order valence-corrected chi connectivity index (χ3v) is 7.01. The minimum absolute atomic E-state index is 0.0631. The van der Waals surface area contributed by atoms with Crippen LogP contribution in [-0.4, -0.2) is 24.1 Å². The van der Waals surface area contributed by atoms with Crippen molar-refractivity contribution in [1.82, 2.24) is 24.1 Å². The molecule has 5 rings (SSSR count). The van der Waals surface area contributed by atoms with Gasteiger partial charge in [-0.3, -0.25) is 9.20 Å². The van der Waals surface area contributed by atoms with E-state index in [4.69, 9.17) is 16.6 Å². The SMILES string of the molecule is CCn1c(SCc2cc(=O)n3c(n2)sc2ccccc23)nnc1-c1ccc(Cl)cc1. The molecule has 0 saturated carbocycles. The number of rotatable bonds is 5. The lowest BCUT2D eigenvalue weighted by molar-refractivity contribution is 0.687. The van der Waals surface area contributed by atoms with E-state index >= 15 is 0 Å². The molecule has 5 aromatic rings. The summed E-state index contributed by atoms with van der Waals surface area (Å²) in [6, 6.07) is 17.0. The quantitative estimate of drug-likeness (QED) is 0.345. The molecule has 0 aliphatic carbocycles. The lowest BCUT2D eigenvalue weighted by Crippen LogP contribution is -2.13. The lowest BCUT2D eigenvalue weighted by Gasteiger charge is -2.07. The van der Waals surface area contributed by atoms with Crippen LogP contribution in [-0.2, 0) is 12.3 Å². The first-order chi connectivity index (χ1) is 14.6. The number of fused-ring (bicyclic) bond motifs is 3. The summed E-state index contributed by atoms with van der Waals surface area (Å²) < 4.78 is 4.77. The first kappa shape index (κ1) is 19.3. The second kappa shape index (κ2) is 7.86. The Morgan fingerprint density at radius 1 is 1.10 bits per heavy atom. The Bertz CT molecular complexity index is 1420. The Morgan fingerprint density at radius 3 is 2.70 bits per heavy atom. The van der Waals surface area contributed by atoms with Gasteiger partial charge in [0.25, 0.3) is 5.56 Å². The van der Waals surface area contributed by atoms with E-state index in [0.717, 1.165) is 39.0 Å². The smallest absolute Gasteiger partial charge is 0.259 e. The maximum atomic E-state index is 12.7. The van der Waals surface area contributed by atoms with Crippen molar-refractivity contribution in [1.29, 1.82) is 0 Å². The molecule has 30 heavy (non-hydrogen) atoms. The zero-order chi connectivity index (χ0) is 20.7. The molecule has 9 heteroatoms. The van der Waals surface area contributed by atoms with Gasteiger partial charge in [-0.2, -0.15) is 0 Å². The summed E-state index contributed by atoms with van der Waals surface area (Å²) >= 11 is 9.04. The summed E-state index contributed by atoms with van der Waals surface area (Å²) in [6.07, 6.45) is 0. The molecule has 0 N–H and O–H groups in total. The first-order valence-electron chi connectivity index (χ1n) is 9.36. The van der Waals surface area contributed by atoms with E-state index in [1.807, 2.05) is 48.5 Å². The largest absolute Gasteiger partial charge is 0.302 e. The number of thiazole rings is 1. The van der Waals surface area contributed by atoms with Gasteiger partial charge in [-0.05, 0) is 43.3 Å². The Labute approximate surface area is 185 Å². The van der Waals surface area contributed by atoms with Gasteiger partial charge in [0.05, 0.1) is 15.9 Å². The Balaban J connectivity index is 1.45. The van der Waals surface area contributed by atoms with Gasteiger partial charge in [0.2, 0.25) is 0 Å². The summed E-state index contributed by atoms with van der Waals surface area (Å²) in [5.74, 6) is 1.34. The molecule has 0 radical (unpaired) electrons. The molecule has 0 unspecified atom stereocenters. The van der Waals surface area contributed by atoms with Crippen LogP contribution in [0.5, 0.6) is 0 Å². The average molecular weight is 454 g/mol. The number of hydrogen-bond donors (Lipinski definition) is 0. The molecule has 0 aliphatic heterocycles. The van der Waals surface area contributed by atoms with Gasteiger partial charge in [-0.1, -0.05) is 46.8 Å². The maximum absolute atomic E-state index is 12.7. The number of nitrogens with zero attached hydrogens (tertiary/aromatic N) is 5. The van der Waals surface area contributed by atoms with Crippen LogP contribution in [0.4, 0.5) is 0 Å². The van der Waals surface area contributed by atoms with Crippen molar-refractivity contribution in [3.05, 3.63) is 75.7 Å². The predicted molar refractivity (Wildman–Crippen MR) is 123 cm³/mol. The van der Waals surface area contributed by atoms with Gasteiger partial charge < -0.3 is 4.57 Å². The van der Waals surface area contributed by atoms with Crippen molar-refractivity contribution in [2.45, 2.75) is 24.4 Å². The molecule has 0 aliphatic rings. The van der Waals surface area contributed by atoms with Crippen LogP contribution in [0.15, 0.2) is 64.5 Å². The Kier molecular flexibility index (Phi) is 5.06. The highest BCUT2D eigenvalue weighted by Crippen LogP contribution is 2.28. The number of thioether (sulfide) groups is 1. The fourth-order valence-corrected chi connectivity index (χ4v) is 5.40. The lowest BCUT2D eigenvalue weighted by atomic mass is 10.2. The van der Waals surface area contributed by atoms with Gasteiger partial charge in [0.15, 0.2) is 15.9 Å². The van der Waals surface area contributed by atoms with Crippen molar-refractivity contribution < 1.29 is 0 Å². The van der Waals surface area contributed by atoms with Crippen LogP contribution in [0, 0.1) is 0 Å². The molecule has 6 nitrogen and oxygen atoms in total. The van der Waals surface area contributed by atoms with Gasteiger partial charge in [-0.15, -0.1) is 10.2 Å². The maximum Gasteiger partial charge on any atom is 0.259 e. The van der Waals surface area contributed by atoms with Gasteiger partial charge >= 0.3 is 0 Å². The van der Waals surface area contributed by atoms with Crippen molar-refractivity contribution in [3.63, 3.8) is 0 Å². The number of para-hydroxylation sites is 1. The predicted octanol–water partition coefficient (Wildman–Crippen LogP) is 5.13. The molecular weight excluding hydrogens is 438 g/mol. The van der Waals surface area contributed by atoms with Crippen LogP contribution >= 0.6 is 34.7 Å². The van der Waals surface area contributed by atoms with Crippen LogP contribution in [0.25, 0.3) is 26.6 Å². The van der Waals surface area contributed by atoms with Crippen molar-refractivity contribution in [3.8, 4) is 11.4 Å². The van der Waals surface area contributed by atoms with Gasteiger partial charge in [-0.25, -0.2) is 4.98 Å². The highest BCUT2D eigenvalue weighted by atomic mass is 35.5. The zero-order valence-corrected chi connectivity index (χ0v) is 18.3. The minimum atomic E-state index is -0.0631. The molecule has 150 valence electrons. The molecule has 3 aromatic heterocycles. The average Bonchev–Trinajstić information content (AvgIpc) is 3.33. The molecular formula is C21H16ClN5OS2. The van der Waals surface area contributed by atoms with Crippen LogP contribution in [0.1, 0.15) is 12.6 Å². The van der Waals surface area contributed by atoms with Gasteiger partial charge in [0, 0.05) is 29.0 Å². The monoisotopic (exact) mass is 453 g/mol. The normalized spacial score (nSPS) is 11.5. The number of benzene rings is 2. The standard InChI is InChI=1S/C21H16ClN5OS2/c1-2-26-19(13-7-9-14(22)10-8-13)24-25-21(26)29-12-15-11-18(28)27-16-5-3-4-6-17(16)30-20(27)23-15/h3-11H,2,12H2,1H3. The molecule has 0 spiro atoms. The van der Waals surface area contributed by atoms with Crippen molar-refractivity contribution >= 4 is 49.9 Å². The highest BCUT2D eigenvalue weighted by molar-refractivity contribution is 7.98. The van der Waals surface area contributed by atoms with Crippen LogP contribution in [0.2, 0.25) is 5.02 Å². The highest BCUT2D eigenvalue weighted by Gasteiger charge is 2.15. The van der Waals surface area contributed by atoms with E-state index < -0.39 is 0 Å². The summed E-state index contributed by atoms with van der Waals surface area (Å²) in [6.45, 7) is 2.79. The molecule has 0 atom stereocenters. The third kappa shape index (κ3) is 3.40. The van der Waals surface area contributed by atoms with Gasteiger partial charge in [0.1, 0.15) is 0 Å².